The summed E-state index contributed by atoms with van der Waals surface area (Å²) in [6.07, 6.45) is 3.40. The lowest BCUT2D eigenvalue weighted by Crippen LogP contribution is -2.44. The molecule has 4 heteroatoms. The molecule has 0 unspecified atom stereocenters. The Bertz CT molecular complexity index is 300. The van der Waals surface area contributed by atoms with Crippen LogP contribution in [0.1, 0.15) is 40.0 Å². The minimum absolute atomic E-state index is 0.0964. The van der Waals surface area contributed by atoms with Gasteiger partial charge >= 0.3 is 6.09 Å². The van der Waals surface area contributed by atoms with Crippen LogP contribution in [0.25, 0.3) is 0 Å². The van der Waals surface area contributed by atoms with E-state index in [-0.39, 0.29) is 12.2 Å². The largest absolute Gasteiger partial charge is 0.446 e. The first-order chi connectivity index (χ1) is 9.08. The van der Waals surface area contributed by atoms with Crippen molar-refractivity contribution in [3.63, 3.8) is 0 Å². The summed E-state index contributed by atoms with van der Waals surface area (Å²) in [4.78, 5) is 14.0. The van der Waals surface area contributed by atoms with Crippen molar-refractivity contribution >= 4 is 6.09 Å². The number of ether oxygens (including phenoxy) is 2. The number of rotatable bonds is 2. The first-order valence-corrected chi connectivity index (χ1v) is 7.61. The highest BCUT2D eigenvalue weighted by Crippen LogP contribution is 2.35. The van der Waals surface area contributed by atoms with Gasteiger partial charge in [0, 0.05) is 13.1 Å². The van der Waals surface area contributed by atoms with Crippen molar-refractivity contribution in [1.82, 2.24) is 4.90 Å². The lowest BCUT2D eigenvalue weighted by molar-refractivity contribution is -0.0268. The highest BCUT2D eigenvalue weighted by Gasteiger charge is 2.34. The van der Waals surface area contributed by atoms with Gasteiger partial charge in [0.15, 0.2) is 0 Å². The summed E-state index contributed by atoms with van der Waals surface area (Å²) in [6.45, 7) is 9.30. The molecule has 1 heterocycles. The van der Waals surface area contributed by atoms with Gasteiger partial charge in [-0.15, -0.1) is 0 Å². The van der Waals surface area contributed by atoms with E-state index < -0.39 is 0 Å². The highest BCUT2D eigenvalue weighted by molar-refractivity contribution is 5.68. The second-order valence-corrected chi connectivity index (χ2v) is 6.35. The number of hydrogen-bond acceptors (Lipinski definition) is 3. The van der Waals surface area contributed by atoms with Crippen molar-refractivity contribution in [2.45, 2.75) is 46.1 Å². The van der Waals surface area contributed by atoms with Crippen molar-refractivity contribution in [2.24, 2.45) is 17.8 Å². The fourth-order valence-corrected chi connectivity index (χ4v) is 3.20. The molecule has 2 aliphatic rings. The maximum atomic E-state index is 12.2. The maximum Gasteiger partial charge on any atom is 0.410 e. The Morgan fingerprint density at radius 3 is 2.58 bits per heavy atom. The first kappa shape index (κ1) is 14.6. The van der Waals surface area contributed by atoms with Gasteiger partial charge < -0.3 is 14.4 Å². The molecule has 0 N–H and O–H groups in total. The molecule has 3 atom stereocenters. The van der Waals surface area contributed by atoms with Crippen molar-refractivity contribution in [1.29, 1.82) is 0 Å². The van der Waals surface area contributed by atoms with Crippen molar-refractivity contribution in [3.8, 4) is 0 Å². The van der Waals surface area contributed by atoms with Gasteiger partial charge in [-0.3, -0.25) is 0 Å². The Morgan fingerprint density at radius 2 is 1.95 bits per heavy atom. The number of carbonyl (C=O) groups is 1. The van der Waals surface area contributed by atoms with Crippen molar-refractivity contribution in [3.05, 3.63) is 0 Å². The highest BCUT2D eigenvalue weighted by atomic mass is 16.6. The van der Waals surface area contributed by atoms with E-state index in [9.17, 15) is 4.79 Å². The van der Waals surface area contributed by atoms with E-state index in [1.54, 1.807) is 4.90 Å². The van der Waals surface area contributed by atoms with Crippen molar-refractivity contribution in [2.75, 3.05) is 26.3 Å². The van der Waals surface area contributed by atoms with Gasteiger partial charge in [0.05, 0.1) is 13.2 Å². The van der Waals surface area contributed by atoms with E-state index in [1.807, 2.05) is 0 Å². The molecular weight excluding hydrogens is 242 g/mol. The Morgan fingerprint density at radius 1 is 1.26 bits per heavy atom. The zero-order chi connectivity index (χ0) is 13.8. The molecular formula is C15H27NO3. The summed E-state index contributed by atoms with van der Waals surface area (Å²) >= 11 is 0. The Kier molecular flexibility index (Phi) is 5.08. The fraction of sp³-hybridized carbons (Fsp3) is 0.933. The predicted molar refractivity (Wildman–Crippen MR) is 74.0 cm³/mol. The van der Waals surface area contributed by atoms with Crippen LogP contribution in [0.5, 0.6) is 0 Å². The average molecular weight is 269 g/mol. The van der Waals surface area contributed by atoms with Gasteiger partial charge in [0.25, 0.3) is 0 Å². The van der Waals surface area contributed by atoms with E-state index >= 15 is 0 Å². The Labute approximate surface area is 116 Å². The van der Waals surface area contributed by atoms with Crippen LogP contribution in [0, 0.1) is 17.8 Å². The van der Waals surface area contributed by atoms with E-state index in [0.717, 1.165) is 6.42 Å². The lowest BCUT2D eigenvalue weighted by Gasteiger charge is -2.38. The van der Waals surface area contributed by atoms with E-state index in [2.05, 4.69) is 20.8 Å². The molecule has 1 aliphatic heterocycles. The molecule has 1 aliphatic carbocycles. The molecule has 1 amide bonds. The average Bonchev–Trinajstić information content (AvgIpc) is 2.39. The van der Waals surface area contributed by atoms with Crippen LogP contribution in [0.3, 0.4) is 0 Å². The summed E-state index contributed by atoms with van der Waals surface area (Å²) in [5, 5.41) is 0. The van der Waals surface area contributed by atoms with Gasteiger partial charge in [0.1, 0.15) is 6.10 Å². The van der Waals surface area contributed by atoms with Gasteiger partial charge in [-0.05, 0) is 30.6 Å². The van der Waals surface area contributed by atoms with Crippen LogP contribution in [-0.4, -0.2) is 43.4 Å². The molecule has 1 saturated heterocycles. The summed E-state index contributed by atoms with van der Waals surface area (Å²) < 4.78 is 11.1. The minimum atomic E-state index is -0.145. The normalized spacial score (nSPS) is 32.4. The molecule has 4 nitrogen and oxygen atoms in total. The monoisotopic (exact) mass is 269 g/mol. The third-order valence-electron chi connectivity index (χ3n) is 4.48. The summed E-state index contributed by atoms with van der Waals surface area (Å²) in [7, 11) is 0. The van der Waals surface area contributed by atoms with Gasteiger partial charge in [-0.25, -0.2) is 4.79 Å². The molecule has 0 bridgehead atoms. The standard InChI is InChI=1S/C15H27NO3/c1-11(2)13-5-4-12(3)10-14(13)19-15(17)16-6-8-18-9-7-16/h11-14H,4-10H2,1-3H3/t12-,13+,14-/m1/s1. The zero-order valence-corrected chi connectivity index (χ0v) is 12.4. The fourth-order valence-electron chi connectivity index (χ4n) is 3.20. The van der Waals surface area contributed by atoms with Gasteiger partial charge in [0.2, 0.25) is 0 Å². The quantitative estimate of drug-likeness (QED) is 0.773. The Hall–Kier alpha value is -0.770. The number of morpholine rings is 1. The first-order valence-electron chi connectivity index (χ1n) is 7.61. The smallest absolute Gasteiger partial charge is 0.410 e. The van der Waals surface area contributed by atoms with Crippen LogP contribution < -0.4 is 0 Å². The second-order valence-electron chi connectivity index (χ2n) is 6.35. The predicted octanol–water partition coefficient (Wildman–Crippen LogP) is 2.92. The Balaban J connectivity index is 1.92. The maximum absolute atomic E-state index is 12.2. The van der Waals surface area contributed by atoms with Crippen LogP contribution in [-0.2, 0) is 9.47 Å². The number of amides is 1. The van der Waals surface area contributed by atoms with Crippen LogP contribution in [0.15, 0.2) is 0 Å². The molecule has 0 aromatic carbocycles. The van der Waals surface area contributed by atoms with Crippen LogP contribution in [0.4, 0.5) is 4.79 Å². The molecule has 19 heavy (non-hydrogen) atoms. The molecule has 0 spiro atoms. The van der Waals surface area contributed by atoms with E-state index in [4.69, 9.17) is 9.47 Å². The number of hydrogen-bond donors (Lipinski definition) is 0. The number of carbonyl (C=O) groups excluding carboxylic acids is 1. The van der Waals surface area contributed by atoms with Gasteiger partial charge in [-0.1, -0.05) is 27.2 Å². The second kappa shape index (κ2) is 6.60. The molecule has 0 aromatic heterocycles. The van der Waals surface area contributed by atoms with Gasteiger partial charge in [-0.2, -0.15) is 0 Å². The summed E-state index contributed by atoms with van der Waals surface area (Å²) in [5.41, 5.74) is 0. The minimum Gasteiger partial charge on any atom is -0.446 e. The lowest BCUT2D eigenvalue weighted by atomic mass is 9.75. The van der Waals surface area contributed by atoms with Crippen LogP contribution >= 0.6 is 0 Å². The molecule has 110 valence electrons. The molecule has 2 rings (SSSR count). The molecule has 0 radical (unpaired) electrons. The van der Waals surface area contributed by atoms with Crippen LogP contribution in [0.2, 0.25) is 0 Å². The topological polar surface area (TPSA) is 38.8 Å². The molecule has 2 fully saturated rings. The van der Waals surface area contributed by atoms with E-state index in [1.165, 1.54) is 12.8 Å². The third-order valence-corrected chi connectivity index (χ3v) is 4.48. The third kappa shape index (κ3) is 3.85. The SMILES string of the molecule is CC(C)[C@@H]1CC[C@@H](C)C[C@H]1OC(=O)N1CCOCC1. The summed E-state index contributed by atoms with van der Waals surface area (Å²) in [6, 6.07) is 0. The molecule has 1 saturated carbocycles. The summed E-state index contributed by atoms with van der Waals surface area (Å²) in [5.74, 6) is 1.76. The van der Waals surface area contributed by atoms with Crippen molar-refractivity contribution < 1.29 is 14.3 Å². The van der Waals surface area contributed by atoms with E-state index in [0.29, 0.717) is 44.1 Å². The molecule has 0 aromatic rings. The number of nitrogens with zero attached hydrogens (tertiary/aromatic N) is 1. The zero-order valence-electron chi connectivity index (χ0n) is 12.4.